The second-order valence-corrected chi connectivity index (χ2v) is 17.4. The van der Waals surface area contributed by atoms with Crippen molar-refractivity contribution in [2.24, 2.45) is 0 Å². The lowest BCUT2D eigenvalue weighted by Gasteiger charge is -2.20. The number of ether oxygens (including phenoxy) is 4. The fraction of sp³-hybridized carbons (Fsp3) is 0.617. The van der Waals surface area contributed by atoms with Crippen LogP contribution in [0.2, 0.25) is 0 Å². The van der Waals surface area contributed by atoms with E-state index in [2.05, 4.69) is 31.9 Å². The predicted molar refractivity (Wildman–Crippen MR) is 242 cm³/mol. The minimum absolute atomic E-state index is 0.0839. The van der Waals surface area contributed by atoms with Crippen LogP contribution in [0.5, 0.6) is 0 Å². The van der Waals surface area contributed by atoms with Gasteiger partial charge < -0.3 is 50.8 Å². The zero-order valence-corrected chi connectivity index (χ0v) is 38.4. The Bertz CT molecular complexity index is 1510. The van der Waals surface area contributed by atoms with Crippen molar-refractivity contribution in [3.63, 3.8) is 0 Å². The van der Waals surface area contributed by atoms with Gasteiger partial charge in [0.1, 0.15) is 36.5 Å². The molecule has 2 aromatic rings. The van der Waals surface area contributed by atoms with Crippen molar-refractivity contribution in [1.29, 1.82) is 0 Å². The van der Waals surface area contributed by atoms with Gasteiger partial charge in [-0.15, -0.1) is 0 Å². The van der Waals surface area contributed by atoms with E-state index in [-0.39, 0.29) is 25.0 Å². The lowest BCUT2D eigenvalue weighted by atomic mass is 10.1. The Hall–Kier alpha value is -5.54. The Morgan fingerprint density at radius 2 is 0.746 bits per heavy atom. The first-order valence-electron chi connectivity index (χ1n) is 22.4. The van der Waals surface area contributed by atoms with Gasteiger partial charge in [0.15, 0.2) is 0 Å². The molecule has 6 N–H and O–H groups in total. The number of alkyl carbamates (subject to hydrolysis) is 4. The number of hydrogen-bond donors (Lipinski definition) is 6. The van der Waals surface area contributed by atoms with E-state index in [0.717, 1.165) is 56.1 Å². The van der Waals surface area contributed by atoms with Crippen LogP contribution in [0, 0.1) is 0 Å². The van der Waals surface area contributed by atoms with Crippen LogP contribution in [0.15, 0.2) is 60.7 Å². The Morgan fingerprint density at radius 3 is 1.10 bits per heavy atom. The van der Waals surface area contributed by atoms with E-state index >= 15 is 0 Å². The SMILES string of the molecule is CC(C)(C)OC(=O)NCCCC[C@H](NC(=O)OCc1ccccc1)C(=O)NCCCCCCCCCNC(=O)[C@H](CCCCNC(=O)OC(C)(C)C)NC(=O)OCc1ccccc1. The van der Waals surface area contributed by atoms with Crippen LogP contribution in [0.4, 0.5) is 19.2 Å². The summed E-state index contributed by atoms with van der Waals surface area (Å²) in [4.78, 5) is 75.4. The molecule has 0 fully saturated rings. The first-order chi connectivity index (χ1) is 30.0. The zero-order valence-electron chi connectivity index (χ0n) is 38.4. The van der Waals surface area contributed by atoms with Crippen LogP contribution in [-0.4, -0.2) is 85.7 Å². The number of unbranched alkanes of at least 4 members (excludes halogenated alkanes) is 8. The average Bonchev–Trinajstić information content (AvgIpc) is 3.22. The predicted octanol–water partition coefficient (Wildman–Crippen LogP) is 7.93. The van der Waals surface area contributed by atoms with E-state index in [1.807, 2.05) is 60.7 Å². The maximum atomic E-state index is 13.1. The highest BCUT2D eigenvalue weighted by Crippen LogP contribution is 2.11. The molecule has 2 atom stereocenters. The van der Waals surface area contributed by atoms with Crippen LogP contribution >= 0.6 is 0 Å². The van der Waals surface area contributed by atoms with E-state index in [1.54, 1.807) is 41.5 Å². The van der Waals surface area contributed by atoms with Crippen molar-refractivity contribution in [2.75, 3.05) is 26.2 Å². The van der Waals surface area contributed by atoms with Gasteiger partial charge >= 0.3 is 24.4 Å². The number of carbonyl (C=O) groups is 6. The molecule has 0 heterocycles. The number of hydrogen-bond acceptors (Lipinski definition) is 10. The number of amides is 6. The molecule has 6 amide bonds. The maximum absolute atomic E-state index is 13.1. The molecule has 0 unspecified atom stereocenters. The molecule has 16 nitrogen and oxygen atoms in total. The summed E-state index contributed by atoms with van der Waals surface area (Å²) in [6.07, 6.45) is 7.12. The monoisotopic (exact) mass is 883 g/mol. The molecular formula is C47H74N6O10. The van der Waals surface area contributed by atoms with Crippen molar-refractivity contribution in [1.82, 2.24) is 31.9 Å². The first-order valence-corrected chi connectivity index (χ1v) is 22.4. The van der Waals surface area contributed by atoms with Crippen molar-refractivity contribution in [3.8, 4) is 0 Å². The molecule has 0 bridgehead atoms. The molecule has 2 aromatic carbocycles. The van der Waals surface area contributed by atoms with E-state index in [1.165, 1.54) is 0 Å². The normalized spacial score (nSPS) is 12.2. The number of carbonyl (C=O) groups excluding carboxylic acids is 6. The van der Waals surface area contributed by atoms with E-state index in [9.17, 15) is 28.8 Å². The van der Waals surface area contributed by atoms with Gasteiger partial charge in [0.25, 0.3) is 0 Å². The highest BCUT2D eigenvalue weighted by atomic mass is 16.6. The summed E-state index contributed by atoms with van der Waals surface area (Å²) in [5.74, 6) is -0.573. The number of rotatable bonds is 28. The molecule has 63 heavy (non-hydrogen) atoms. The molecule has 0 aromatic heterocycles. The summed E-state index contributed by atoms with van der Waals surface area (Å²) < 4.78 is 21.2. The topological polar surface area (TPSA) is 212 Å². The van der Waals surface area contributed by atoms with Crippen molar-refractivity contribution in [3.05, 3.63) is 71.8 Å². The maximum Gasteiger partial charge on any atom is 0.408 e. The summed E-state index contributed by atoms with van der Waals surface area (Å²) in [5.41, 5.74) is 0.475. The molecular weight excluding hydrogens is 809 g/mol. The summed E-state index contributed by atoms with van der Waals surface area (Å²) in [6.45, 7) is 12.6. The van der Waals surface area contributed by atoms with Gasteiger partial charge in [-0.1, -0.05) is 92.8 Å². The van der Waals surface area contributed by atoms with Gasteiger partial charge in [-0.3, -0.25) is 9.59 Å². The van der Waals surface area contributed by atoms with Crippen LogP contribution in [0.3, 0.4) is 0 Å². The van der Waals surface area contributed by atoms with Crippen LogP contribution in [0.1, 0.15) is 136 Å². The van der Waals surface area contributed by atoms with Crippen LogP contribution < -0.4 is 31.9 Å². The zero-order chi connectivity index (χ0) is 46.4. The summed E-state index contributed by atoms with van der Waals surface area (Å²) >= 11 is 0. The van der Waals surface area contributed by atoms with Gasteiger partial charge in [-0.2, -0.15) is 0 Å². The highest BCUT2D eigenvalue weighted by Gasteiger charge is 2.23. The smallest absolute Gasteiger partial charge is 0.408 e. The third kappa shape index (κ3) is 28.6. The van der Waals surface area contributed by atoms with Crippen molar-refractivity contribution < 1.29 is 47.7 Å². The molecule has 0 spiro atoms. The van der Waals surface area contributed by atoms with E-state index < -0.39 is 47.7 Å². The van der Waals surface area contributed by atoms with Gasteiger partial charge in [0, 0.05) is 26.2 Å². The quantitative estimate of drug-likeness (QED) is 0.0359. The molecule has 0 aliphatic carbocycles. The minimum Gasteiger partial charge on any atom is -0.445 e. The van der Waals surface area contributed by atoms with Crippen molar-refractivity contribution in [2.45, 2.75) is 162 Å². The van der Waals surface area contributed by atoms with Gasteiger partial charge in [0.2, 0.25) is 11.8 Å². The van der Waals surface area contributed by atoms with Crippen molar-refractivity contribution >= 4 is 36.2 Å². The average molecular weight is 883 g/mol. The minimum atomic E-state index is -0.789. The molecule has 0 aliphatic rings. The van der Waals surface area contributed by atoms with E-state index in [4.69, 9.17) is 18.9 Å². The lowest BCUT2D eigenvalue weighted by molar-refractivity contribution is -0.124. The van der Waals surface area contributed by atoms with Gasteiger partial charge in [0.05, 0.1) is 0 Å². The Kier molecular flexibility index (Phi) is 25.9. The fourth-order valence-electron chi connectivity index (χ4n) is 6.11. The van der Waals surface area contributed by atoms with Gasteiger partial charge in [-0.25, -0.2) is 19.2 Å². The summed E-state index contributed by atoms with van der Waals surface area (Å²) in [6, 6.07) is 17.0. The lowest BCUT2D eigenvalue weighted by Crippen LogP contribution is -2.47. The second kappa shape index (κ2) is 30.5. The Labute approximate surface area is 374 Å². The van der Waals surface area contributed by atoms with Gasteiger partial charge in [-0.05, 0) is 104 Å². The molecule has 352 valence electrons. The fourth-order valence-corrected chi connectivity index (χ4v) is 6.11. The largest absolute Gasteiger partial charge is 0.445 e. The Balaban J connectivity index is 1.69. The third-order valence-electron chi connectivity index (χ3n) is 9.27. The Morgan fingerprint density at radius 1 is 0.429 bits per heavy atom. The number of nitrogens with one attached hydrogen (secondary N) is 6. The molecule has 0 aliphatic heterocycles. The standard InChI is InChI=1S/C47H74N6O10/c1-46(2,3)62-42(56)50-32-22-18-28-38(52-44(58)60-34-36-24-14-12-15-25-36)40(54)48-30-20-10-8-7-9-11-21-31-49-41(55)39(29-19-23-33-51-43(57)63-47(4,5)6)53-45(59)61-35-37-26-16-13-17-27-37/h12-17,24-27,38-39H,7-11,18-23,28-35H2,1-6H3,(H,48,54)(H,49,55)(H,50,56)(H,51,57)(H,52,58)(H,53,59)/t38-,39-/m0/s1. The van der Waals surface area contributed by atoms with E-state index in [0.29, 0.717) is 64.7 Å². The summed E-state index contributed by atoms with van der Waals surface area (Å²) in [5, 5.41) is 16.7. The molecule has 0 saturated heterocycles. The third-order valence-corrected chi connectivity index (χ3v) is 9.27. The first kappa shape index (κ1) is 53.6. The molecule has 2 rings (SSSR count). The highest BCUT2D eigenvalue weighted by molar-refractivity contribution is 5.86. The molecule has 16 heteroatoms. The summed E-state index contributed by atoms with van der Waals surface area (Å²) in [7, 11) is 0. The van der Waals surface area contributed by atoms with Crippen LogP contribution in [-0.2, 0) is 41.8 Å². The molecule has 0 saturated carbocycles. The van der Waals surface area contributed by atoms with Crippen LogP contribution in [0.25, 0.3) is 0 Å². The number of benzene rings is 2. The molecule has 0 radical (unpaired) electrons. The second-order valence-electron chi connectivity index (χ2n) is 17.4.